The number of anilines is 2. The molecular formula is C16H23ClN2O2. The summed E-state index contributed by atoms with van der Waals surface area (Å²) in [7, 11) is 0. The Morgan fingerprint density at radius 1 is 1.38 bits per heavy atom. The van der Waals surface area contributed by atoms with Crippen LogP contribution in [0.2, 0.25) is 5.02 Å². The zero-order valence-electron chi connectivity index (χ0n) is 12.9. The summed E-state index contributed by atoms with van der Waals surface area (Å²) in [5.74, 6) is -0.369. The van der Waals surface area contributed by atoms with Crippen molar-refractivity contribution in [1.29, 1.82) is 0 Å². The number of piperidine rings is 1. The Balaban J connectivity index is 2.52. The van der Waals surface area contributed by atoms with Crippen LogP contribution in [0.3, 0.4) is 0 Å². The second-order valence-corrected chi connectivity index (χ2v) is 6.06. The van der Waals surface area contributed by atoms with Gasteiger partial charge in [0.15, 0.2) is 0 Å². The van der Waals surface area contributed by atoms with Crippen molar-refractivity contribution < 1.29 is 9.53 Å². The summed E-state index contributed by atoms with van der Waals surface area (Å²) in [4.78, 5) is 14.5. The highest BCUT2D eigenvalue weighted by Crippen LogP contribution is 2.38. The molecule has 21 heavy (non-hydrogen) atoms. The van der Waals surface area contributed by atoms with E-state index >= 15 is 0 Å². The molecule has 0 bridgehead atoms. The fourth-order valence-electron chi connectivity index (χ4n) is 3.11. The van der Waals surface area contributed by atoms with Crippen LogP contribution in [0.5, 0.6) is 0 Å². The van der Waals surface area contributed by atoms with Gasteiger partial charge in [-0.15, -0.1) is 0 Å². The highest BCUT2D eigenvalue weighted by molar-refractivity contribution is 6.34. The lowest BCUT2D eigenvalue weighted by atomic mass is 9.95. The van der Waals surface area contributed by atoms with Crippen LogP contribution >= 0.6 is 11.6 Å². The molecule has 1 aromatic rings. The predicted octanol–water partition coefficient (Wildman–Crippen LogP) is 3.87. The van der Waals surface area contributed by atoms with Crippen LogP contribution < -0.4 is 10.6 Å². The molecule has 1 saturated heterocycles. The summed E-state index contributed by atoms with van der Waals surface area (Å²) in [6.07, 6.45) is 3.38. The fourth-order valence-corrected chi connectivity index (χ4v) is 3.43. The first-order valence-corrected chi connectivity index (χ1v) is 7.88. The number of nitrogen functional groups attached to an aromatic ring is 1. The van der Waals surface area contributed by atoms with Gasteiger partial charge in [-0.05, 0) is 52.2 Å². The van der Waals surface area contributed by atoms with Crippen LogP contribution in [-0.2, 0) is 4.74 Å². The predicted molar refractivity (Wildman–Crippen MR) is 87.1 cm³/mol. The van der Waals surface area contributed by atoms with E-state index in [2.05, 4.69) is 18.7 Å². The summed E-state index contributed by atoms with van der Waals surface area (Å²) in [6, 6.07) is 4.03. The van der Waals surface area contributed by atoms with E-state index in [0.29, 0.717) is 35.0 Å². The molecule has 0 spiro atoms. The van der Waals surface area contributed by atoms with E-state index in [1.807, 2.05) is 0 Å². The molecule has 1 aliphatic heterocycles. The maximum absolute atomic E-state index is 12.3. The number of carbonyl (C=O) groups excluding carboxylic acids is 1. The van der Waals surface area contributed by atoms with Crippen LogP contribution in [0.4, 0.5) is 11.4 Å². The van der Waals surface area contributed by atoms with Gasteiger partial charge in [0.1, 0.15) is 0 Å². The van der Waals surface area contributed by atoms with E-state index in [1.54, 1.807) is 19.1 Å². The molecule has 0 unspecified atom stereocenters. The summed E-state index contributed by atoms with van der Waals surface area (Å²) < 4.78 is 5.16. The number of rotatable bonds is 3. The monoisotopic (exact) mass is 310 g/mol. The molecule has 5 heteroatoms. The number of benzene rings is 1. The van der Waals surface area contributed by atoms with E-state index in [4.69, 9.17) is 22.1 Å². The van der Waals surface area contributed by atoms with Gasteiger partial charge in [0, 0.05) is 17.8 Å². The standard InChI is InChI=1S/C16H23ClN2O2/c1-4-21-16(20)13-8-12(18)9-14(17)15(13)19-10(2)6-5-7-11(19)3/h8-11H,4-7,18H2,1-3H3/t10-,11+. The molecule has 1 fully saturated rings. The lowest BCUT2D eigenvalue weighted by molar-refractivity contribution is 0.0527. The maximum Gasteiger partial charge on any atom is 0.340 e. The smallest absolute Gasteiger partial charge is 0.340 e. The molecule has 2 atom stereocenters. The second kappa shape index (κ2) is 6.56. The van der Waals surface area contributed by atoms with E-state index in [0.717, 1.165) is 18.5 Å². The van der Waals surface area contributed by atoms with Crippen LogP contribution in [0, 0.1) is 0 Å². The largest absolute Gasteiger partial charge is 0.462 e. The summed E-state index contributed by atoms with van der Waals surface area (Å²) in [5, 5.41) is 0.513. The van der Waals surface area contributed by atoms with Crippen molar-refractivity contribution in [3.8, 4) is 0 Å². The van der Waals surface area contributed by atoms with Crippen LogP contribution in [0.1, 0.15) is 50.4 Å². The summed E-state index contributed by atoms with van der Waals surface area (Å²) in [6.45, 7) is 6.45. The van der Waals surface area contributed by atoms with Crippen LogP contribution in [0.25, 0.3) is 0 Å². The third kappa shape index (κ3) is 3.26. The van der Waals surface area contributed by atoms with E-state index in [9.17, 15) is 4.79 Å². The molecule has 2 rings (SSSR count). The van der Waals surface area contributed by atoms with Crippen molar-refractivity contribution in [2.45, 2.75) is 52.1 Å². The minimum Gasteiger partial charge on any atom is -0.462 e. The van der Waals surface area contributed by atoms with E-state index in [-0.39, 0.29) is 5.97 Å². The van der Waals surface area contributed by atoms with Crippen molar-refractivity contribution in [2.24, 2.45) is 0 Å². The number of hydrogen-bond acceptors (Lipinski definition) is 4. The van der Waals surface area contributed by atoms with Crippen molar-refractivity contribution in [3.05, 3.63) is 22.7 Å². The van der Waals surface area contributed by atoms with Crippen molar-refractivity contribution in [3.63, 3.8) is 0 Å². The quantitative estimate of drug-likeness (QED) is 0.680. The Labute approximate surface area is 131 Å². The first kappa shape index (κ1) is 16.0. The van der Waals surface area contributed by atoms with Gasteiger partial charge in [-0.2, -0.15) is 0 Å². The lowest BCUT2D eigenvalue weighted by Crippen LogP contribution is -2.44. The number of esters is 1. The Kier molecular flexibility index (Phi) is 4.99. The second-order valence-electron chi connectivity index (χ2n) is 5.66. The molecule has 2 N–H and O–H groups in total. The van der Waals surface area contributed by atoms with Crippen molar-refractivity contribution >= 4 is 28.9 Å². The van der Waals surface area contributed by atoms with E-state index in [1.165, 1.54) is 6.42 Å². The van der Waals surface area contributed by atoms with Gasteiger partial charge in [0.05, 0.1) is 22.9 Å². The molecule has 0 saturated carbocycles. The average Bonchev–Trinajstić information content (AvgIpc) is 2.40. The summed E-state index contributed by atoms with van der Waals surface area (Å²) in [5.41, 5.74) is 7.54. The molecule has 1 aliphatic rings. The number of nitrogens with zero attached hydrogens (tertiary/aromatic N) is 1. The zero-order chi connectivity index (χ0) is 15.6. The molecular weight excluding hydrogens is 288 g/mol. The van der Waals surface area contributed by atoms with Gasteiger partial charge in [0.2, 0.25) is 0 Å². The minimum absolute atomic E-state index is 0.329. The molecule has 0 radical (unpaired) electrons. The van der Waals surface area contributed by atoms with Gasteiger partial charge < -0.3 is 15.4 Å². The van der Waals surface area contributed by atoms with Gasteiger partial charge in [-0.1, -0.05) is 11.6 Å². The van der Waals surface area contributed by atoms with Crippen molar-refractivity contribution in [2.75, 3.05) is 17.2 Å². The number of ether oxygens (including phenoxy) is 1. The third-order valence-electron chi connectivity index (χ3n) is 4.03. The molecule has 1 aromatic carbocycles. The van der Waals surface area contributed by atoms with Gasteiger partial charge in [-0.25, -0.2) is 4.79 Å². The van der Waals surface area contributed by atoms with Crippen molar-refractivity contribution in [1.82, 2.24) is 0 Å². The summed E-state index contributed by atoms with van der Waals surface area (Å²) >= 11 is 6.41. The number of carbonyl (C=O) groups is 1. The normalized spacial score (nSPS) is 22.2. The topological polar surface area (TPSA) is 55.6 Å². The number of hydrogen-bond donors (Lipinski definition) is 1. The molecule has 0 amide bonds. The SMILES string of the molecule is CCOC(=O)c1cc(N)cc(Cl)c1N1[C@H](C)CCC[C@@H]1C. The van der Waals surface area contributed by atoms with Gasteiger partial charge >= 0.3 is 5.97 Å². The van der Waals surface area contributed by atoms with Gasteiger partial charge in [-0.3, -0.25) is 0 Å². The third-order valence-corrected chi connectivity index (χ3v) is 4.32. The Morgan fingerprint density at radius 2 is 2.00 bits per heavy atom. The molecule has 4 nitrogen and oxygen atoms in total. The number of nitrogens with two attached hydrogens (primary N) is 1. The van der Waals surface area contributed by atoms with Gasteiger partial charge in [0.25, 0.3) is 0 Å². The molecule has 1 heterocycles. The zero-order valence-corrected chi connectivity index (χ0v) is 13.6. The Hall–Kier alpha value is -1.42. The first-order chi connectivity index (χ1) is 9.95. The highest BCUT2D eigenvalue weighted by atomic mass is 35.5. The Morgan fingerprint density at radius 3 is 2.57 bits per heavy atom. The first-order valence-electron chi connectivity index (χ1n) is 7.50. The molecule has 0 aliphatic carbocycles. The maximum atomic E-state index is 12.3. The number of halogens is 1. The fraction of sp³-hybridized carbons (Fsp3) is 0.562. The minimum atomic E-state index is -0.369. The highest BCUT2D eigenvalue weighted by Gasteiger charge is 2.30. The molecule has 0 aromatic heterocycles. The van der Waals surface area contributed by atoms with E-state index < -0.39 is 0 Å². The van der Waals surface area contributed by atoms with Crippen LogP contribution in [-0.4, -0.2) is 24.7 Å². The lowest BCUT2D eigenvalue weighted by Gasteiger charge is -2.42. The van der Waals surface area contributed by atoms with Crippen LogP contribution in [0.15, 0.2) is 12.1 Å². The Bertz CT molecular complexity index is 523. The average molecular weight is 311 g/mol. The molecule has 116 valence electrons.